The fourth-order valence-electron chi connectivity index (χ4n) is 1.85. The third-order valence-electron chi connectivity index (χ3n) is 2.86. The van der Waals surface area contributed by atoms with Gasteiger partial charge in [0.1, 0.15) is 0 Å². The fraction of sp³-hybridized carbons (Fsp3) is 0.538. The molecule has 0 saturated heterocycles. The van der Waals surface area contributed by atoms with Crippen LogP contribution in [-0.4, -0.2) is 16.6 Å². The summed E-state index contributed by atoms with van der Waals surface area (Å²) in [6, 6.07) is 4.88. The molecule has 0 aliphatic heterocycles. The van der Waals surface area contributed by atoms with Gasteiger partial charge in [-0.3, -0.25) is 10.1 Å². The first-order valence-corrected chi connectivity index (χ1v) is 5.67. The number of hydrogen-bond donors (Lipinski definition) is 1. The van der Waals surface area contributed by atoms with E-state index in [4.69, 9.17) is 0 Å². The Morgan fingerprint density at radius 1 is 1.41 bits per heavy atom. The summed E-state index contributed by atoms with van der Waals surface area (Å²) in [6.07, 6.45) is 0. The van der Waals surface area contributed by atoms with E-state index in [0.717, 1.165) is 11.1 Å². The van der Waals surface area contributed by atoms with Crippen LogP contribution in [0.25, 0.3) is 0 Å². The maximum Gasteiger partial charge on any atom is 0.269 e. The Kier molecular flexibility index (Phi) is 3.88. The lowest BCUT2D eigenvalue weighted by Crippen LogP contribution is -2.16. The summed E-state index contributed by atoms with van der Waals surface area (Å²) in [7, 11) is 0. The highest BCUT2D eigenvalue weighted by Crippen LogP contribution is 2.32. The van der Waals surface area contributed by atoms with Crippen LogP contribution in [0, 0.1) is 10.1 Å². The van der Waals surface area contributed by atoms with Gasteiger partial charge in [0.25, 0.3) is 5.69 Å². The van der Waals surface area contributed by atoms with Crippen molar-refractivity contribution in [2.75, 3.05) is 6.61 Å². The van der Waals surface area contributed by atoms with E-state index >= 15 is 0 Å². The molecule has 0 amide bonds. The standard InChI is InChI=1S/C13H19NO3/c1-9(8-15)11-7-10(14(16)17)5-6-12(11)13(2,3)4/h5-7,9,15H,8H2,1-4H3. The minimum absolute atomic E-state index is 0.00967. The number of nitro groups is 1. The highest BCUT2D eigenvalue weighted by atomic mass is 16.6. The zero-order chi connectivity index (χ0) is 13.2. The number of benzene rings is 1. The molecule has 0 saturated carbocycles. The zero-order valence-corrected chi connectivity index (χ0v) is 10.7. The molecule has 0 spiro atoms. The van der Waals surface area contributed by atoms with Crippen molar-refractivity contribution in [3.63, 3.8) is 0 Å². The van der Waals surface area contributed by atoms with Gasteiger partial charge in [-0.05, 0) is 16.5 Å². The molecule has 4 nitrogen and oxygen atoms in total. The monoisotopic (exact) mass is 237 g/mol. The van der Waals surface area contributed by atoms with E-state index in [-0.39, 0.29) is 23.6 Å². The summed E-state index contributed by atoms with van der Waals surface area (Å²) in [5, 5.41) is 20.0. The summed E-state index contributed by atoms with van der Waals surface area (Å²) in [4.78, 5) is 10.4. The second kappa shape index (κ2) is 4.84. The summed E-state index contributed by atoms with van der Waals surface area (Å²) in [6.45, 7) is 8.03. The molecular weight excluding hydrogens is 218 g/mol. The molecule has 1 N–H and O–H groups in total. The maximum atomic E-state index is 10.8. The van der Waals surface area contributed by atoms with E-state index in [1.54, 1.807) is 12.1 Å². The van der Waals surface area contributed by atoms with E-state index < -0.39 is 4.92 Å². The topological polar surface area (TPSA) is 63.4 Å². The fourth-order valence-corrected chi connectivity index (χ4v) is 1.85. The molecule has 0 aliphatic carbocycles. The molecular formula is C13H19NO3. The van der Waals surface area contributed by atoms with Crippen molar-refractivity contribution in [1.29, 1.82) is 0 Å². The average molecular weight is 237 g/mol. The van der Waals surface area contributed by atoms with Gasteiger partial charge in [-0.2, -0.15) is 0 Å². The van der Waals surface area contributed by atoms with Crippen molar-refractivity contribution in [1.82, 2.24) is 0 Å². The van der Waals surface area contributed by atoms with E-state index in [1.807, 2.05) is 6.92 Å². The molecule has 0 bridgehead atoms. The van der Waals surface area contributed by atoms with Gasteiger partial charge in [-0.1, -0.05) is 33.8 Å². The highest BCUT2D eigenvalue weighted by molar-refractivity contribution is 5.44. The molecule has 1 aromatic rings. The molecule has 1 unspecified atom stereocenters. The van der Waals surface area contributed by atoms with Crippen LogP contribution in [-0.2, 0) is 5.41 Å². The van der Waals surface area contributed by atoms with Crippen molar-refractivity contribution < 1.29 is 10.0 Å². The summed E-state index contributed by atoms with van der Waals surface area (Å²) < 4.78 is 0. The van der Waals surface area contributed by atoms with Crippen LogP contribution in [0.1, 0.15) is 44.7 Å². The minimum Gasteiger partial charge on any atom is -0.396 e. The molecule has 0 aromatic heterocycles. The Bertz CT molecular complexity index is 421. The van der Waals surface area contributed by atoms with Crippen LogP contribution in [0.15, 0.2) is 18.2 Å². The predicted molar refractivity (Wildman–Crippen MR) is 67.3 cm³/mol. The third-order valence-corrected chi connectivity index (χ3v) is 2.86. The van der Waals surface area contributed by atoms with Gasteiger partial charge in [-0.15, -0.1) is 0 Å². The second-order valence-corrected chi connectivity index (χ2v) is 5.36. The Labute approximate surface area is 101 Å². The van der Waals surface area contributed by atoms with Crippen LogP contribution in [0.5, 0.6) is 0 Å². The second-order valence-electron chi connectivity index (χ2n) is 5.36. The van der Waals surface area contributed by atoms with Crippen LogP contribution >= 0.6 is 0 Å². The Hall–Kier alpha value is -1.42. The van der Waals surface area contributed by atoms with Crippen molar-refractivity contribution in [3.8, 4) is 0 Å². The molecule has 1 aromatic carbocycles. The number of aliphatic hydroxyl groups is 1. The van der Waals surface area contributed by atoms with Crippen molar-refractivity contribution in [2.24, 2.45) is 0 Å². The van der Waals surface area contributed by atoms with Gasteiger partial charge in [0, 0.05) is 24.7 Å². The smallest absolute Gasteiger partial charge is 0.269 e. The molecule has 4 heteroatoms. The van der Waals surface area contributed by atoms with Gasteiger partial charge in [0.15, 0.2) is 0 Å². The van der Waals surface area contributed by atoms with Gasteiger partial charge in [-0.25, -0.2) is 0 Å². The largest absolute Gasteiger partial charge is 0.396 e. The first kappa shape index (κ1) is 13.6. The normalized spacial score (nSPS) is 13.5. The lowest BCUT2D eigenvalue weighted by Gasteiger charge is -2.25. The minimum atomic E-state index is -0.403. The summed E-state index contributed by atoms with van der Waals surface area (Å²) in [5.41, 5.74) is 1.89. The molecule has 94 valence electrons. The number of rotatable bonds is 3. The number of non-ortho nitro benzene ring substituents is 1. The quantitative estimate of drug-likeness (QED) is 0.649. The van der Waals surface area contributed by atoms with E-state index in [1.165, 1.54) is 6.07 Å². The van der Waals surface area contributed by atoms with E-state index in [9.17, 15) is 15.2 Å². The van der Waals surface area contributed by atoms with Crippen molar-refractivity contribution in [3.05, 3.63) is 39.4 Å². The van der Waals surface area contributed by atoms with Gasteiger partial charge < -0.3 is 5.11 Å². The Balaban J connectivity index is 3.37. The highest BCUT2D eigenvalue weighted by Gasteiger charge is 2.23. The Morgan fingerprint density at radius 3 is 2.41 bits per heavy atom. The van der Waals surface area contributed by atoms with Crippen LogP contribution in [0.2, 0.25) is 0 Å². The predicted octanol–water partition coefficient (Wildman–Crippen LogP) is 2.99. The van der Waals surface area contributed by atoms with Crippen molar-refractivity contribution in [2.45, 2.75) is 39.0 Å². The van der Waals surface area contributed by atoms with Gasteiger partial charge in [0.05, 0.1) is 4.92 Å². The van der Waals surface area contributed by atoms with Crippen LogP contribution in [0.4, 0.5) is 5.69 Å². The maximum absolute atomic E-state index is 10.8. The molecule has 0 aliphatic rings. The number of nitro benzene ring substituents is 1. The molecule has 17 heavy (non-hydrogen) atoms. The Morgan fingerprint density at radius 2 is 2.00 bits per heavy atom. The number of nitrogens with zero attached hydrogens (tertiary/aromatic N) is 1. The lowest BCUT2D eigenvalue weighted by molar-refractivity contribution is -0.385. The van der Waals surface area contributed by atoms with Gasteiger partial charge >= 0.3 is 0 Å². The lowest BCUT2D eigenvalue weighted by atomic mass is 9.80. The zero-order valence-electron chi connectivity index (χ0n) is 10.7. The van der Waals surface area contributed by atoms with Crippen molar-refractivity contribution >= 4 is 5.69 Å². The van der Waals surface area contributed by atoms with Crippen LogP contribution in [0.3, 0.4) is 0 Å². The molecule has 0 fully saturated rings. The summed E-state index contributed by atoms with van der Waals surface area (Å²) in [5.74, 6) is -0.0934. The van der Waals surface area contributed by atoms with Crippen LogP contribution < -0.4 is 0 Å². The average Bonchev–Trinajstić information content (AvgIpc) is 2.25. The van der Waals surface area contributed by atoms with E-state index in [0.29, 0.717) is 0 Å². The SMILES string of the molecule is CC(CO)c1cc([N+](=O)[O-])ccc1C(C)(C)C. The molecule has 0 radical (unpaired) electrons. The first-order chi connectivity index (χ1) is 7.77. The molecule has 0 heterocycles. The van der Waals surface area contributed by atoms with Gasteiger partial charge in [0.2, 0.25) is 0 Å². The summed E-state index contributed by atoms with van der Waals surface area (Å²) >= 11 is 0. The molecule has 1 rings (SSSR count). The van der Waals surface area contributed by atoms with E-state index in [2.05, 4.69) is 20.8 Å². The number of hydrogen-bond acceptors (Lipinski definition) is 3. The molecule has 1 atom stereocenters. The third kappa shape index (κ3) is 3.03. The first-order valence-electron chi connectivity index (χ1n) is 5.67. The number of aliphatic hydroxyl groups excluding tert-OH is 1.